The van der Waals surface area contributed by atoms with E-state index in [1.165, 1.54) is 0 Å². The van der Waals surface area contributed by atoms with E-state index in [-0.39, 0.29) is 35.8 Å². The Morgan fingerprint density at radius 2 is 2.00 bits per heavy atom. The van der Waals surface area contributed by atoms with E-state index in [9.17, 15) is 14.4 Å². The Balaban J connectivity index is 1.63. The average molecular weight is 387 g/mol. The average Bonchev–Trinajstić information content (AvgIpc) is 3.29. The van der Waals surface area contributed by atoms with Crippen LogP contribution < -0.4 is 10.6 Å². The largest absolute Gasteiger partial charge is 0.376 e. The molecule has 2 N–H and O–H groups in total. The summed E-state index contributed by atoms with van der Waals surface area (Å²) < 4.78 is 5.53. The molecule has 3 amide bonds. The lowest BCUT2D eigenvalue weighted by Gasteiger charge is -2.31. The molecule has 2 saturated heterocycles. The Morgan fingerprint density at radius 3 is 2.64 bits per heavy atom. The Bertz CT molecular complexity index is 750. The first-order chi connectivity index (χ1) is 13.3. The van der Waals surface area contributed by atoms with Gasteiger partial charge in [0.05, 0.1) is 23.3 Å². The van der Waals surface area contributed by atoms with Gasteiger partial charge in [-0.25, -0.2) is 0 Å². The fraction of sp³-hybridized carbons (Fsp3) is 0.571. The minimum atomic E-state index is -0.422. The topological polar surface area (TPSA) is 87.7 Å². The molecule has 2 aliphatic heterocycles. The van der Waals surface area contributed by atoms with Crippen molar-refractivity contribution in [2.24, 2.45) is 5.92 Å². The molecule has 2 atom stereocenters. The molecule has 2 fully saturated rings. The van der Waals surface area contributed by atoms with E-state index in [1.54, 1.807) is 29.2 Å². The van der Waals surface area contributed by atoms with Crippen LogP contribution in [0.25, 0.3) is 0 Å². The van der Waals surface area contributed by atoms with Gasteiger partial charge in [0, 0.05) is 31.7 Å². The summed E-state index contributed by atoms with van der Waals surface area (Å²) in [4.78, 5) is 39.3. The zero-order valence-electron chi connectivity index (χ0n) is 16.8. The number of hydrogen-bond donors (Lipinski definition) is 2. The molecule has 1 aromatic rings. The van der Waals surface area contributed by atoms with Crippen molar-refractivity contribution in [3.8, 4) is 0 Å². The quantitative estimate of drug-likeness (QED) is 0.811. The molecule has 0 aliphatic carbocycles. The minimum Gasteiger partial charge on any atom is -0.376 e. The van der Waals surface area contributed by atoms with E-state index >= 15 is 0 Å². The van der Waals surface area contributed by atoms with Crippen molar-refractivity contribution >= 4 is 23.4 Å². The summed E-state index contributed by atoms with van der Waals surface area (Å²) in [5.74, 6) is -0.922. The zero-order valence-corrected chi connectivity index (χ0v) is 16.8. The minimum absolute atomic E-state index is 0.0183. The van der Waals surface area contributed by atoms with Crippen LogP contribution in [0.3, 0.4) is 0 Å². The van der Waals surface area contributed by atoms with Gasteiger partial charge >= 0.3 is 0 Å². The number of likely N-dealkylation sites (tertiary alicyclic amines) is 1. The van der Waals surface area contributed by atoms with Crippen molar-refractivity contribution in [1.82, 2.24) is 10.2 Å². The van der Waals surface area contributed by atoms with Crippen LogP contribution in [0.4, 0.5) is 5.69 Å². The molecular formula is C21H29N3O4. The second-order valence-corrected chi connectivity index (χ2v) is 8.46. The van der Waals surface area contributed by atoms with E-state index in [1.807, 2.05) is 20.8 Å². The van der Waals surface area contributed by atoms with Crippen LogP contribution in [0.1, 0.15) is 50.4 Å². The number of nitrogens with one attached hydrogen (secondary N) is 2. The second-order valence-electron chi connectivity index (χ2n) is 8.46. The van der Waals surface area contributed by atoms with Gasteiger partial charge in [-0.1, -0.05) is 12.1 Å². The molecule has 0 saturated carbocycles. The number of anilines is 1. The van der Waals surface area contributed by atoms with Crippen LogP contribution in [0.15, 0.2) is 24.3 Å². The predicted octanol–water partition coefficient (Wildman–Crippen LogP) is 2.18. The summed E-state index contributed by atoms with van der Waals surface area (Å²) in [6.07, 6.45) is 2.20. The molecule has 0 unspecified atom stereocenters. The smallest absolute Gasteiger partial charge is 0.253 e. The molecule has 7 nitrogen and oxygen atoms in total. The number of nitrogens with zero attached hydrogens (tertiary/aromatic N) is 1. The van der Waals surface area contributed by atoms with Gasteiger partial charge in [-0.15, -0.1) is 0 Å². The van der Waals surface area contributed by atoms with E-state index < -0.39 is 5.92 Å². The molecular weight excluding hydrogens is 358 g/mol. The first-order valence-corrected chi connectivity index (χ1v) is 9.86. The van der Waals surface area contributed by atoms with Crippen molar-refractivity contribution in [2.45, 2.75) is 51.7 Å². The third kappa shape index (κ3) is 4.70. The number of benzene rings is 1. The van der Waals surface area contributed by atoms with Gasteiger partial charge in [0.2, 0.25) is 11.8 Å². The van der Waals surface area contributed by atoms with Gasteiger partial charge in [-0.05, 0) is 45.7 Å². The molecule has 7 heteroatoms. The summed E-state index contributed by atoms with van der Waals surface area (Å²) >= 11 is 0. The lowest BCUT2D eigenvalue weighted by atomic mass is 10.1. The Kier molecular flexibility index (Phi) is 6.03. The summed E-state index contributed by atoms with van der Waals surface area (Å²) in [6, 6.07) is 6.92. The number of hydrogen-bond acceptors (Lipinski definition) is 4. The van der Waals surface area contributed by atoms with Crippen molar-refractivity contribution in [3.05, 3.63) is 29.8 Å². The monoisotopic (exact) mass is 387 g/mol. The van der Waals surface area contributed by atoms with Crippen LogP contribution in [0.5, 0.6) is 0 Å². The van der Waals surface area contributed by atoms with Gasteiger partial charge in [-0.3, -0.25) is 14.4 Å². The standard InChI is InChI=1S/C21H29N3O4/c1-21(2,3)24-13-14(11-18(24)25)19(26)23-17-9-5-4-8-16(17)20(27)22-12-15-7-6-10-28-15/h4-5,8-9,14-15H,6-7,10-13H2,1-3H3,(H,22,27)(H,23,26)/t14-,15+/m1/s1. The van der Waals surface area contributed by atoms with Crippen LogP contribution >= 0.6 is 0 Å². The maximum Gasteiger partial charge on any atom is 0.253 e. The second kappa shape index (κ2) is 8.31. The summed E-state index contributed by atoms with van der Waals surface area (Å²) in [6.45, 7) is 7.45. The molecule has 3 rings (SSSR count). The van der Waals surface area contributed by atoms with Crippen molar-refractivity contribution < 1.29 is 19.1 Å². The maximum absolute atomic E-state index is 12.7. The first kappa shape index (κ1) is 20.3. The summed E-state index contributed by atoms with van der Waals surface area (Å²) in [5.41, 5.74) is 0.552. The van der Waals surface area contributed by atoms with Crippen LogP contribution in [-0.4, -0.2) is 54.0 Å². The van der Waals surface area contributed by atoms with E-state index in [0.717, 1.165) is 19.4 Å². The highest BCUT2D eigenvalue weighted by molar-refractivity contribution is 6.05. The number of carbonyl (C=O) groups excluding carboxylic acids is 3. The Labute approximate surface area is 165 Å². The Hall–Kier alpha value is -2.41. The number of amides is 3. The van der Waals surface area contributed by atoms with Crippen LogP contribution in [0, 0.1) is 5.92 Å². The van der Waals surface area contributed by atoms with Gasteiger partial charge in [0.15, 0.2) is 0 Å². The molecule has 1 aromatic carbocycles. The van der Waals surface area contributed by atoms with Crippen LogP contribution in [0.2, 0.25) is 0 Å². The van der Waals surface area contributed by atoms with Crippen molar-refractivity contribution in [3.63, 3.8) is 0 Å². The number of para-hydroxylation sites is 1. The normalized spacial score (nSPS) is 22.4. The van der Waals surface area contributed by atoms with Gasteiger partial charge in [-0.2, -0.15) is 0 Å². The highest BCUT2D eigenvalue weighted by Crippen LogP contribution is 2.27. The highest BCUT2D eigenvalue weighted by Gasteiger charge is 2.39. The van der Waals surface area contributed by atoms with Gasteiger partial charge in [0.1, 0.15) is 0 Å². The van der Waals surface area contributed by atoms with Crippen molar-refractivity contribution in [1.29, 1.82) is 0 Å². The predicted molar refractivity (Wildman–Crippen MR) is 106 cm³/mol. The molecule has 0 aromatic heterocycles. The number of carbonyl (C=O) groups is 3. The fourth-order valence-corrected chi connectivity index (χ4v) is 3.66. The molecule has 2 aliphatic rings. The first-order valence-electron chi connectivity index (χ1n) is 9.86. The number of rotatable bonds is 5. The van der Waals surface area contributed by atoms with Gasteiger partial charge < -0.3 is 20.3 Å². The lowest BCUT2D eigenvalue weighted by Crippen LogP contribution is -2.42. The lowest BCUT2D eigenvalue weighted by molar-refractivity contribution is -0.131. The summed E-state index contributed by atoms with van der Waals surface area (Å²) in [7, 11) is 0. The fourth-order valence-electron chi connectivity index (χ4n) is 3.66. The molecule has 0 bridgehead atoms. The SMILES string of the molecule is CC(C)(C)N1C[C@H](C(=O)Nc2ccccc2C(=O)NC[C@@H]2CCCO2)CC1=O. The molecule has 152 valence electrons. The van der Waals surface area contributed by atoms with Crippen LogP contribution in [-0.2, 0) is 14.3 Å². The third-order valence-electron chi connectivity index (χ3n) is 5.25. The number of ether oxygens (including phenoxy) is 1. The summed E-state index contributed by atoms with van der Waals surface area (Å²) in [5, 5.41) is 5.72. The van der Waals surface area contributed by atoms with E-state index in [4.69, 9.17) is 4.74 Å². The molecule has 28 heavy (non-hydrogen) atoms. The van der Waals surface area contributed by atoms with E-state index in [0.29, 0.717) is 24.3 Å². The highest BCUT2D eigenvalue weighted by atomic mass is 16.5. The molecule has 0 spiro atoms. The maximum atomic E-state index is 12.7. The van der Waals surface area contributed by atoms with E-state index in [2.05, 4.69) is 10.6 Å². The van der Waals surface area contributed by atoms with Crippen molar-refractivity contribution in [2.75, 3.05) is 25.0 Å². The zero-order chi connectivity index (χ0) is 20.3. The third-order valence-corrected chi connectivity index (χ3v) is 5.25. The molecule has 0 radical (unpaired) electrons. The molecule has 2 heterocycles. The Morgan fingerprint density at radius 1 is 1.25 bits per heavy atom. The van der Waals surface area contributed by atoms with Gasteiger partial charge in [0.25, 0.3) is 5.91 Å².